The highest BCUT2D eigenvalue weighted by Gasteiger charge is 2.20. The highest BCUT2D eigenvalue weighted by Crippen LogP contribution is 2.28. The minimum Gasteiger partial charge on any atom is -0.465 e. The van der Waals surface area contributed by atoms with E-state index in [4.69, 9.17) is 23.2 Å². The molecule has 170 valence electrons. The third kappa shape index (κ3) is 4.77. The summed E-state index contributed by atoms with van der Waals surface area (Å²) in [5.74, 6) is -0.627. The molecule has 0 radical (unpaired) electrons. The minimum atomic E-state index is -4.06. The molecule has 0 aliphatic rings. The number of aromatic nitrogens is 1. The molecule has 4 aromatic rings. The number of benzene rings is 3. The number of esters is 1. The molecule has 0 unspecified atom stereocenters. The van der Waals surface area contributed by atoms with Crippen molar-refractivity contribution in [3.05, 3.63) is 91.5 Å². The van der Waals surface area contributed by atoms with Crippen molar-refractivity contribution < 1.29 is 17.9 Å². The van der Waals surface area contributed by atoms with Gasteiger partial charge in [0.2, 0.25) is 0 Å². The van der Waals surface area contributed by atoms with Crippen molar-refractivity contribution in [3.63, 3.8) is 0 Å². The number of halogens is 2. The summed E-state index contributed by atoms with van der Waals surface area (Å²) < 4.78 is 35.1. The molecule has 0 amide bonds. The number of hydrogen-bond donors (Lipinski definition) is 1. The molecule has 1 aromatic heterocycles. The summed E-state index contributed by atoms with van der Waals surface area (Å²) in [5.41, 5.74) is 1.54. The summed E-state index contributed by atoms with van der Waals surface area (Å²) in [5, 5.41) is 0.654. The zero-order chi connectivity index (χ0) is 23.8. The monoisotopic (exact) mass is 522 g/mol. The molecule has 3 aromatic carbocycles. The molecule has 1 N–H and O–H groups in total. The van der Waals surface area contributed by atoms with E-state index in [0.29, 0.717) is 15.2 Å². The first-order valence-electron chi connectivity index (χ1n) is 9.47. The molecule has 11 heteroatoms. The van der Waals surface area contributed by atoms with Gasteiger partial charge in [-0.05, 0) is 48.0 Å². The van der Waals surface area contributed by atoms with Crippen LogP contribution in [0.2, 0.25) is 10.0 Å². The van der Waals surface area contributed by atoms with E-state index < -0.39 is 16.0 Å². The SMILES string of the molecule is COC(=O)c1ccc(Cl)c(NS(=O)(=O)c2ccc3c(c2)sc(=O)n3Cc2ccccc2Cl)c1. The van der Waals surface area contributed by atoms with Crippen LogP contribution in [-0.2, 0) is 21.3 Å². The second-order valence-electron chi connectivity index (χ2n) is 6.97. The largest absolute Gasteiger partial charge is 0.465 e. The van der Waals surface area contributed by atoms with Gasteiger partial charge in [0.1, 0.15) is 0 Å². The van der Waals surface area contributed by atoms with E-state index in [9.17, 15) is 18.0 Å². The number of fused-ring (bicyclic) bond motifs is 1. The Labute approximate surface area is 203 Å². The molecule has 0 spiro atoms. The summed E-state index contributed by atoms with van der Waals surface area (Å²) in [6, 6.07) is 15.7. The van der Waals surface area contributed by atoms with Crippen LogP contribution in [0.5, 0.6) is 0 Å². The predicted molar refractivity (Wildman–Crippen MR) is 130 cm³/mol. The van der Waals surface area contributed by atoms with E-state index in [2.05, 4.69) is 9.46 Å². The first kappa shape index (κ1) is 23.3. The quantitative estimate of drug-likeness (QED) is 0.359. The average molecular weight is 523 g/mol. The van der Waals surface area contributed by atoms with E-state index >= 15 is 0 Å². The van der Waals surface area contributed by atoms with E-state index in [-0.39, 0.29) is 32.6 Å². The maximum atomic E-state index is 13.0. The number of hydrogen-bond acceptors (Lipinski definition) is 6. The van der Waals surface area contributed by atoms with Gasteiger partial charge in [-0.25, -0.2) is 13.2 Å². The maximum Gasteiger partial charge on any atom is 0.337 e. The van der Waals surface area contributed by atoms with Gasteiger partial charge in [0.25, 0.3) is 10.0 Å². The Morgan fingerprint density at radius 1 is 1.06 bits per heavy atom. The molecule has 0 bridgehead atoms. The zero-order valence-corrected chi connectivity index (χ0v) is 20.2. The van der Waals surface area contributed by atoms with Gasteiger partial charge in [-0.2, -0.15) is 0 Å². The van der Waals surface area contributed by atoms with Gasteiger partial charge in [-0.1, -0.05) is 52.7 Å². The Morgan fingerprint density at radius 2 is 1.82 bits per heavy atom. The predicted octanol–water partition coefficient (Wildman–Crippen LogP) is 5.01. The second kappa shape index (κ2) is 9.18. The third-order valence-electron chi connectivity index (χ3n) is 4.87. The van der Waals surface area contributed by atoms with Crippen molar-refractivity contribution in [2.45, 2.75) is 11.4 Å². The van der Waals surface area contributed by atoms with Crippen LogP contribution in [0, 0.1) is 0 Å². The molecule has 33 heavy (non-hydrogen) atoms. The molecule has 1 heterocycles. The average Bonchev–Trinajstić information content (AvgIpc) is 3.10. The van der Waals surface area contributed by atoms with Crippen LogP contribution < -0.4 is 9.60 Å². The van der Waals surface area contributed by atoms with Crippen LogP contribution in [0.1, 0.15) is 15.9 Å². The molecule has 0 aliphatic heterocycles. The number of nitrogens with zero attached hydrogens (tertiary/aromatic N) is 1. The van der Waals surface area contributed by atoms with E-state index in [1.54, 1.807) is 22.8 Å². The molecule has 0 saturated heterocycles. The molecular weight excluding hydrogens is 507 g/mol. The van der Waals surface area contributed by atoms with Gasteiger partial charge in [0, 0.05) is 5.02 Å². The van der Waals surface area contributed by atoms with Crippen molar-refractivity contribution in [1.82, 2.24) is 4.57 Å². The summed E-state index contributed by atoms with van der Waals surface area (Å²) in [4.78, 5) is 24.1. The highest BCUT2D eigenvalue weighted by molar-refractivity contribution is 7.92. The lowest BCUT2D eigenvalue weighted by molar-refractivity contribution is 0.0601. The summed E-state index contributed by atoms with van der Waals surface area (Å²) in [6.07, 6.45) is 0. The van der Waals surface area contributed by atoms with Crippen molar-refractivity contribution >= 4 is 66.4 Å². The summed E-state index contributed by atoms with van der Waals surface area (Å²) in [7, 11) is -2.84. The van der Waals surface area contributed by atoms with Crippen LogP contribution in [-0.4, -0.2) is 26.1 Å². The Bertz CT molecular complexity index is 1540. The Balaban J connectivity index is 1.69. The van der Waals surface area contributed by atoms with Gasteiger partial charge in [0.15, 0.2) is 0 Å². The van der Waals surface area contributed by atoms with Crippen molar-refractivity contribution in [2.24, 2.45) is 0 Å². The fourth-order valence-corrected chi connectivity index (χ4v) is 5.73. The number of ether oxygens (including phenoxy) is 1. The first-order chi connectivity index (χ1) is 15.7. The van der Waals surface area contributed by atoms with E-state index in [0.717, 1.165) is 16.9 Å². The molecule has 0 aliphatic carbocycles. The smallest absolute Gasteiger partial charge is 0.337 e. The first-order valence-corrected chi connectivity index (χ1v) is 12.5. The molecular formula is C22H16Cl2N2O5S2. The van der Waals surface area contributed by atoms with Crippen LogP contribution in [0.4, 0.5) is 5.69 Å². The summed E-state index contributed by atoms with van der Waals surface area (Å²) in [6.45, 7) is 0.263. The molecule has 0 atom stereocenters. The van der Waals surface area contributed by atoms with Gasteiger partial charge in [-0.15, -0.1) is 0 Å². The molecule has 4 rings (SSSR count). The standard InChI is InChI=1S/C22H16Cl2N2O5S2/c1-31-21(27)13-6-8-17(24)18(10-13)25-33(29,30)15-7-9-19-20(11-15)32-22(28)26(19)12-14-4-2-3-5-16(14)23/h2-11,25H,12H2,1H3. The van der Waals surface area contributed by atoms with Gasteiger partial charge in [-0.3, -0.25) is 14.1 Å². The lowest BCUT2D eigenvalue weighted by Gasteiger charge is -2.11. The van der Waals surface area contributed by atoms with Crippen molar-refractivity contribution in [1.29, 1.82) is 0 Å². The van der Waals surface area contributed by atoms with Crippen LogP contribution in [0.15, 0.2) is 70.4 Å². The lowest BCUT2D eigenvalue weighted by Crippen LogP contribution is -2.15. The third-order valence-corrected chi connectivity index (χ3v) is 7.87. The Hall–Kier alpha value is -2.85. The number of thiazole rings is 1. The van der Waals surface area contributed by atoms with Crippen LogP contribution in [0.25, 0.3) is 10.2 Å². The number of sulfonamides is 1. The fraction of sp³-hybridized carbons (Fsp3) is 0.0909. The second-order valence-corrected chi connectivity index (χ2v) is 10.5. The number of carbonyl (C=O) groups is 1. The highest BCUT2D eigenvalue weighted by atomic mass is 35.5. The normalized spacial score (nSPS) is 11.5. The zero-order valence-electron chi connectivity index (χ0n) is 17.0. The summed E-state index contributed by atoms with van der Waals surface area (Å²) >= 11 is 13.3. The van der Waals surface area contributed by atoms with Crippen LogP contribution >= 0.6 is 34.5 Å². The van der Waals surface area contributed by atoms with Crippen molar-refractivity contribution in [3.8, 4) is 0 Å². The fourth-order valence-electron chi connectivity index (χ4n) is 3.21. The maximum absolute atomic E-state index is 13.0. The van der Waals surface area contributed by atoms with Crippen LogP contribution in [0.3, 0.4) is 0 Å². The topological polar surface area (TPSA) is 94.5 Å². The Kier molecular flexibility index (Phi) is 6.49. The van der Waals surface area contributed by atoms with Crippen molar-refractivity contribution in [2.75, 3.05) is 11.8 Å². The number of nitrogens with one attached hydrogen (secondary N) is 1. The van der Waals surface area contributed by atoms with E-state index in [1.165, 1.54) is 37.4 Å². The van der Waals surface area contributed by atoms with Gasteiger partial charge in [0.05, 0.1) is 45.0 Å². The number of anilines is 1. The number of rotatable bonds is 6. The number of methoxy groups -OCH3 is 1. The van der Waals surface area contributed by atoms with Gasteiger partial charge >= 0.3 is 10.8 Å². The minimum absolute atomic E-state index is 0.0316. The lowest BCUT2D eigenvalue weighted by atomic mass is 10.2. The number of carbonyl (C=O) groups excluding carboxylic acids is 1. The molecule has 7 nitrogen and oxygen atoms in total. The van der Waals surface area contributed by atoms with Gasteiger partial charge < -0.3 is 4.74 Å². The molecule has 0 saturated carbocycles. The van der Waals surface area contributed by atoms with E-state index in [1.807, 2.05) is 12.1 Å². The Morgan fingerprint density at radius 3 is 2.55 bits per heavy atom. The molecule has 0 fully saturated rings.